The number of halogens is 1. The van der Waals surface area contributed by atoms with Gasteiger partial charge in [-0.1, -0.05) is 12.1 Å². The van der Waals surface area contributed by atoms with Gasteiger partial charge in [-0.3, -0.25) is 4.79 Å². The average Bonchev–Trinajstić information content (AvgIpc) is 2.47. The van der Waals surface area contributed by atoms with Crippen molar-refractivity contribution in [3.8, 4) is 0 Å². The number of amides is 1. The molecule has 2 rings (SSSR count). The zero-order valence-electron chi connectivity index (χ0n) is 12.0. The van der Waals surface area contributed by atoms with Crippen LogP contribution in [0.3, 0.4) is 0 Å². The number of hydrogen-bond donors (Lipinski definition) is 1. The van der Waals surface area contributed by atoms with Crippen LogP contribution in [0.25, 0.3) is 5.57 Å². The lowest BCUT2D eigenvalue weighted by molar-refractivity contribution is -0.127. The third-order valence-corrected chi connectivity index (χ3v) is 3.76. The Morgan fingerprint density at radius 3 is 3.00 bits per heavy atom. The number of nitrogens with zero attached hydrogens (tertiary/aromatic N) is 1. The van der Waals surface area contributed by atoms with Gasteiger partial charge in [0.15, 0.2) is 0 Å². The summed E-state index contributed by atoms with van der Waals surface area (Å²) in [5.41, 5.74) is 1.54. The summed E-state index contributed by atoms with van der Waals surface area (Å²) >= 11 is 0. The highest BCUT2D eigenvalue weighted by Crippen LogP contribution is 2.16. The van der Waals surface area contributed by atoms with Gasteiger partial charge in [-0.2, -0.15) is 0 Å². The van der Waals surface area contributed by atoms with Crippen molar-refractivity contribution in [3.05, 3.63) is 41.7 Å². The first-order chi connectivity index (χ1) is 9.60. The Hall–Kier alpha value is -1.68. The van der Waals surface area contributed by atoms with E-state index in [1.165, 1.54) is 12.1 Å². The summed E-state index contributed by atoms with van der Waals surface area (Å²) in [7, 11) is 1.92. The Morgan fingerprint density at radius 2 is 2.30 bits per heavy atom. The number of likely N-dealkylation sites (tertiary alicyclic amines) is 1. The number of likely N-dealkylation sites (N-methyl/N-ethyl adjacent to an activating group) is 1. The molecule has 1 aromatic carbocycles. The minimum absolute atomic E-state index is 0.00621. The number of rotatable bonds is 3. The van der Waals surface area contributed by atoms with E-state index in [9.17, 15) is 9.18 Å². The van der Waals surface area contributed by atoms with Crippen LogP contribution < -0.4 is 5.32 Å². The van der Waals surface area contributed by atoms with Crippen molar-refractivity contribution in [2.45, 2.75) is 25.8 Å². The van der Waals surface area contributed by atoms with Gasteiger partial charge in [-0.15, -0.1) is 0 Å². The minimum atomic E-state index is -0.282. The number of nitrogens with one attached hydrogen (secondary N) is 1. The van der Waals surface area contributed by atoms with Crippen LogP contribution in [-0.4, -0.2) is 37.0 Å². The van der Waals surface area contributed by atoms with Crippen LogP contribution in [0, 0.1) is 5.82 Å². The Morgan fingerprint density at radius 1 is 1.50 bits per heavy atom. The van der Waals surface area contributed by atoms with E-state index in [4.69, 9.17) is 0 Å². The summed E-state index contributed by atoms with van der Waals surface area (Å²) in [4.78, 5) is 14.1. The van der Waals surface area contributed by atoms with E-state index in [2.05, 4.69) is 5.32 Å². The molecule has 0 aromatic heterocycles. The number of benzene rings is 1. The fourth-order valence-corrected chi connectivity index (χ4v) is 2.51. The molecule has 1 fully saturated rings. The monoisotopic (exact) mass is 276 g/mol. The lowest BCUT2D eigenvalue weighted by Gasteiger charge is -2.32. The topological polar surface area (TPSA) is 32.3 Å². The summed E-state index contributed by atoms with van der Waals surface area (Å²) in [5, 5.41) is 3.22. The Labute approximate surface area is 119 Å². The molecule has 0 saturated carbocycles. The molecule has 0 bridgehead atoms. The molecule has 3 nitrogen and oxygen atoms in total. The summed E-state index contributed by atoms with van der Waals surface area (Å²) in [6.45, 7) is 3.37. The second-order valence-corrected chi connectivity index (χ2v) is 5.25. The summed E-state index contributed by atoms with van der Waals surface area (Å²) < 4.78 is 13.2. The van der Waals surface area contributed by atoms with Gasteiger partial charge in [0, 0.05) is 25.2 Å². The third-order valence-electron chi connectivity index (χ3n) is 3.76. The Bertz CT molecular complexity index is 513. The third kappa shape index (κ3) is 3.67. The van der Waals surface area contributed by atoms with E-state index in [-0.39, 0.29) is 11.7 Å². The molecule has 1 atom stereocenters. The first-order valence-electron chi connectivity index (χ1n) is 7.00. The molecule has 20 heavy (non-hydrogen) atoms. The van der Waals surface area contributed by atoms with Gasteiger partial charge in [0.1, 0.15) is 5.82 Å². The molecule has 1 unspecified atom stereocenters. The van der Waals surface area contributed by atoms with Crippen LogP contribution in [0.4, 0.5) is 4.39 Å². The molecule has 0 spiro atoms. The molecule has 108 valence electrons. The van der Waals surface area contributed by atoms with Crippen molar-refractivity contribution in [1.29, 1.82) is 0 Å². The normalized spacial score (nSPS) is 20.1. The standard InChI is InChI=1S/C16H21FN2O/c1-12(13-5-3-6-14(17)10-13)9-16(20)19-8-4-7-15(11-19)18-2/h3,5-6,9-10,15,18H,4,7-8,11H2,1-2H3. The molecule has 4 heteroatoms. The van der Waals surface area contributed by atoms with Crippen molar-refractivity contribution in [2.24, 2.45) is 0 Å². The van der Waals surface area contributed by atoms with Crippen molar-refractivity contribution in [2.75, 3.05) is 20.1 Å². The van der Waals surface area contributed by atoms with Gasteiger partial charge < -0.3 is 10.2 Å². The molecule has 1 aromatic rings. The molecule has 1 heterocycles. The molecule has 1 N–H and O–H groups in total. The number of piperidine rings is 1. The zero-order valence-corrected chi connectivity index (χ0v) is 12.0. The molecule has 0 radical (unpaired) electrons. The molecule has 1 amide bonds. The van der Waals surface area contributed by atoms with Crippen LogP contribution in [0.5, 0.6) is 0 Å². The SMILES string of the molecule is CNC1CCCN(C(=O)C=C(C)c2cccc(F)c2)C1. The van der Waals surface area contributed by atoms with Gasteiger partial charge in [0.2, 0.25) is 5.91 Å². The number of carbonyl (C=O) groups excluding carboxylic acids is 1. The largest absolute Gasteiger partial charge is 0.338 e. The summed E-state index contributed by atoms with van der Waals surface area (Å²) in [6, 6.07) is 6.70. The Balaban J connectivity index is 2.07. The number of hydrogen-bond acceptors (Lipinski definition) is 2. The maximum absolute atomic E-state index is 13.2. The second-order valence-electron chi connectivity index (χ2n) is 5.25. The van der Waals surface area contributed by atoms with Crippen molar-refractivity contribution in [3.63, 3.8) is 0 Å². The second kappa shape index (κ2) is 6.66. The number of allylic oxidation sites excluding steroid dienone is 1. The maximum atomic E-state index is 13.2. The van der Waals surface area contributed by atoms with Crippen molar-refractivity contribution >= 4 is 11.5 Å². The van der Waals surface area contributed by atoms with Crippen LogP contribution in [0.15, 0.2) is 30.3 Å². The van der Waals surface area contributed by atoms with Crippen LogP contribution in [0.2, 0.25) is 0 Å². The van der Waals surface area contributed by atoms with Gasteiger partial charge in [0.25, 0.3) is 0 Å². The van der Waals surface area contributed by atoms with E-state index in [0.717, 1.165) is 37.1 Å². The highest BCUT2D eigenvalue weighted by Gasteiger charge is 2.21. The predicted octanol–water partition coefficient (Wildman–Crippen LogP) is 2.44. The lowest BCUT2D eigenvalue weighted by Crippen LogP contribution is -2.46. The fourth-order valence-electron chi connectivity index (χ4n) is 2.51. The molecule has 1 aliphatic heterocycles. The highest BCUT2D eigenvalue weighted by molar-refractivity contribution is 5.94. The van der Waals surface area contributed by atoms with Crippen molar-refractivity contribution < 1.29 is 9.18 Å². The van der Waals surface area contributed by atoms with E-state index < -0.39 is 0 Å². The van der Waals surface area contributed by atoms with E-state index in [1.807, 2.05) is 24.9 Å². The van der Waals surface area contributed by atoms with Crippen LogP contribution >= 0.6 is 0 Å². The Kier molecular flexibility index (Phi) is 4.90. The maximum Gasteiger partial charge on any atom is 0.246 e. The summed E-state index contributed by atoms with van der Waals surface area (Å²) in [5.74, 6) is -0.275. The smallest absolute Gasteiger partial charge is 0.246 e. The van der Waals surface area contributed by atoms with Crippen molar-refractivity contribution in [1.82, 2.24) is 10.2 Å². The summed E-state index contributed by atoms with van der Waals surface area (Å²) in [6.07, 6.45) is 3.73. The predicted molar refractivity (Wildman–Crippen MR) is 78.7 cm³/mol. The van der Waals surface area contributed by atoms with Crippen LogP contribution in [0.1, 0.15) is 25.3 Å². The molecule has 1 aliphatic rings. The molecule has 0 aliphatic carbocycles. The van der Waals surface area contributed by atoms with E-state index >= 15 is 0 Å². The van der Waals surface area contributed by atoms with E-state index in [0.29, 0.717) is 6.04 Å². The van der Waals surface area contributed by atoms with Gasteiger partial charge in [-0.05, 0) is 50.1 Å². The minimum Gasteiger partial charge on any atom is -0.338 e. The van der Waals surface area contributed by atoms with Crippen LogP contribution in [-0.2, 0) is 4.79 Å². The van der Waals surface area contributed by atoms with Gasteiger partial charge in [0.05, 0.1) is 0 Å². The zero-order chi connectivity index (χ0) is 14.5. The highest BCUT2D eigenvalue weighted by atomic mass is 19.1. The van der Waals surface area contributed by atoms with Gasteiger partial charge in [-0.25, -0.2) is 4.39 Å². The average molecular weight is 276 g/mol. The van der Waals surface area contributed by atoms with E-state index in [1.54, 1.807) is 12.1 Å². The first kappa shape index (κ1) is 14.7. The van der Waals surface area contributed by atoms with Gasteiger partial charge >= 0.3 is 0 Å². The molecule has 1 saturated heterocycles. The quantitative estimate of drug-likeness (QED) is 0.860. The fraction of sp³-hybridized carbons (Fsp3) is 0.438. The lowest BCUT2D eigenvalue weighted by atomic mass is 10.0. The molecular formula is C16H21FN2O. The first-order valence-corrected chi connectivity index (χ1v) is 7.00. The molecular weight excluding hydrogens is 255 g/mol. The number of carbonyl (C=O) groups is 1.